The summed E-state index contributed by atoms with van der Waals surface area (Å²) in [7, 11) is -4.02. The van der Waals surface area contributed by atoms with Crippen LogP contribution in [0.4, 0.5) is 5.69 Å². The molecule has 4 nitrogen and oxygen atoms in total. The van der Waals surface area contributed by atoms with Gasteiger partial charge in [-0.05, 0) is 28.5 Å². The fourth-order valence-electron chi connectivity index (χ4n) is 2.95. The molecule has 0 saturated carbocycles. The lowest BCUT2D eigenvalue weighted by atomic mass is 9.93. The minimum absolute atomic E-state index is 0.133. The minimum atomic E-state index is -4.02. The zero-order valence-corrected chi connectivity index (χ0v) is 17.1. The second kappa shape index (κ2) is 8.27. The first kappa shape index (κ1) is 20.5. The van der Waals surface area contributed by atoms with Gasteiger partial charge in [-0.15, -0.1) is 12.6 Å². The lowest BCUT2D eigenvalue weighted by Crippen LogP contribution is -2.26. The molecule has 2 rings (SSSR count). The van der Waals surface area contributed by atoms with E-state index in [9.17, 15) is 13.2 Å². The zero-order valence-electron chi connectivity index (χ0n) is 15.4. The van der Waals surface area contributed by atoms with Crippen molar-refractivity contribution >= 4 is 33.5 Å². The smallest absolute Gasteiger partial charge is 0.247 e. The number of anilines is 1. The van der Waals surface area contributed by atoms with Gasteiger partial charge in [0.2, 0.25) is 15.1 Å². The number of hydrogen-bond acceptors (Lipinski definition) is 3. The van der Waals surface area contributed by atoms with Crippen LogP contribution in [0.25, 0.3) is 0 Å². The van der Waals surface area contributed by atoms with Crippen LogP contribution in [0.2, 0.25) is 0 Å². The molecule has 26 heavy (non-hydrogen) atoms. The molecule has 0 heterocycles. The van der Waals surface area contributed by atoms with E-state index in [1.807, 2.05) is 45.9 Å². The number of nitrogens with one attached hydrogen (secondary N) is 1. The molecule has 2 aromatic carbocycles. The summed E-state index contributed by atoms with van der Waals surface area (Å²) in [5, 5.41) is -2.08. The van der Waals surface area contributed by atoms with Crippen LogP contribution in [0, 0.1) is 0 Å². The van der Waals surface area contributed by atoms with Crippen molar-refractivity contribution < 1.29 is 13.2 Å². The van der Waals surface area contributed by atoms with E-state index >= 15 is 0 Å². The Labute approximate surface area is 161 Å². The molecular weight excluding hydrogens is 366 g/mol. The summed E-state index contributed by atoms with van der Waals surface area (Å²) >= 11 is 3.84. The van der Waals surface area contributed by atoms with Gasteiger partial charge < -0.3 is 0 Å². The normalized spacial score (nSPS) is 13.0. The molecule has 2 aromatic rings. The first-order valence-corrected chi connectivity index (χ1v) is 10.6. The lowest BCUT2D eigenvalue weighted by molar-refractivity contribution is -0.110. The topological polar surface area (TPSA) is 63.2 Å². The van der Waals surface area contributed by atoms with Gasteiger partial charge in [0.05, 0.1) is 5.69 Å². The minimum Gasteiger partial charge on any atom is -0.286 e. The van der Waals surface area contributed by atoms with Crippen molar-refractivity contribution in [1.29, 1.82) is 0 Å². The Balaban J connectivity index is 2.57. The highest BCUT2D eigenvalue weighted by Gasteiger charge is 2.33. The van der Waals surface area contributed by atoms with Gasteiger partial charge in [-0.25, -0.2) is 8.42 Å². The molecule has 0 amide bonds. The van der Waals surface area contributed by atoms with E-state index in [-0.39, 0.29) is 11.8 Å². The Morgan fingerprint density at radius 1 is 0.885 bits per heavy atom. The highest BCUT2D eigenvalue weighted by Crippen LogP contribution is 2.35. The predicted molar refractivity (Wildman–Crippen MR) is 110 cm³/mol. The third-order valence-electron chi connectivity index (χ3n) is 4.25. The van der Waals surface area contributed by atoms with Gasteiger partial charge in [0.25, 0.3) is 0 Å². The molecule has 0 aliphatic rings. The molecule has 1 atom stereocenters. The Morgan fingerprint density at radius 3 is 1.81 bits per heavy atom. The average molecular weight is 392 g/mol. The number of hydrogen-bond donors (Lipinski definition) is 2. The summed E-state index contributed by atoms with van der Waals surface area (Å²) in [4.78, 5) is 12.1. The van der Waals surface area contributed by atoms with Crippen LogP contribution in [-0.4, -0.2) is 13.5 Å². The Morgan fingerprint density at radius 2 is 1.38 bits per heavy atom. The van der Waals surface area contributed by atoms with Crippen molar-refractivity contribution in [1.82, 2.24) is 0 Å². The van der Waals surface area contributed by atoms with Gasteiger partial charge in [-0.1, -0.05) is 76.2 Å². The van der Waals surface area contributed by atoms with E-state index in [1.54, 1.807) is 30.3 Å². The first-order valence-electron chi connectivity index (χ1n) is 8.57. The van der Waals surface area contributed by atoms with Crippen LogP contribution < -0.4 is 4.72 Å². The van der Waals surface area contributed by atoms with Crippen molar-refractivity contribution in [3.05, 3.63) is 65.2 Å². The predicted octanol–water partition coefficient (Wildman–Crippen LogP) is 4.87. The van der Waals surface area contributed by atoms with Crippen molar-refractivity contribution in [2.45, 2.75) is 44.8 Å². The van der Waals surface area contributed by atoms with Crippen LogP contribution in [0.15, 0.2) is 48.5 Å². The lowest BCUT2D eigenvalue weighted by Gasteiger charge is -2.23. The third-order valence-corrected chi connectivity index (χ3v) is 6.28. The van der Waals surface area contributed by atoms with Gasteiger partial charge >= 0.3 is 0 Å². The van der Waals surface area contributed by atoms with Gasteiger partial charge in [0.1, 0.15) is 0 Å². The molecule has 140 valence electrons. The van der Waals surface area contributed by atoms with Gasteiger partial charge in [-0.3, -0.25) is 9.52 Å². The summed E-state index contributed by atoms with van der Waals surface area (Å²) in [6.07, 6.45) is 0. The number of benzene rings is 2. The number of thiol groups is 1. The maximum Gasteiger partial charge on any atom is 0.247 e. The molecule has 0 aromatic heterocycles. The number of carbonyl (C=O) groups is 1. The van der Waals surface area contributed by atoms with Gasteiger partial charge in [0, 0.05) is 0 Å². The fraction of sp³-hybridized carbons (Fsp3) is 0.350. The number of sulfonamides is 1. The molecule has 0 spiro atoms. The molecule has 0 aliphatic carbocycles. The highest BCUT2D eigenvalue weighted by molar-refractivity contribution is 8.01. The molecule has 0 radical (unpaired) electrons. The molecule has 6 heteroatoms. The first-order chi connectivity index (χ1) is 12.1. The number of rotatable bonds is 7. The molecule has 0 aliphatic heterocycles. The third kappa shape index (κ3) is 4.48. The van der Waals surface area contributed by atoms with Crippen molar-refractivity contribution in [2.24, 2.45) is 0 Å². The Kier molecular flexibility index (Phi) is 6.53. The van der Waals surface area contributed by atoms with Crippen LogP contribution in [0.3, 0.4) is 0 Å². The maximum atomic E-state index is 13.1. The van der Waals surface area contributed by atoms with Crippen LogP contribution in [-0.2, 0) is 14.8 Å². The zero-order chi connectivity index (χ0) is 19.5. The summed E-state index contributed by atoms with van der Waals surface area (Å²) < 4.78 is 28.9. The summed E-state index contributed by atoms with van der Waals surface area (Å²) in [6.45, 7) is 8.04. The van der Waals surface area contributed by atoms with E-state index in [4.69, 9.17) is 0 Å². The van der Waals surface area contributed by atoms with Gasteiger partial charge in [0.15, 0.2) is 5.25 Å². The fourth-order valence-corrected chi connectivity index (χ4v) is 4.94. The molecule has 0 saturated heterocycles. The summed E-state index contributed by atoms with van der Waals surface area (Å²) in [5.41, 5.74) is 2.76. The van der Waals surface area contributed by atoms with Crippen molar-refractivity contribution in [3.63, 3.8) is 0 Å². The standard InChI is InChI=1S/C20H25NO3S2/c1-13(2)16-11-8-12-17(14(3)4)18(16)21-26(23,24)19(20(22)25)15-9-6-5-7-10-15/h5-14,19,21H,1-4H3,(H,22,25). The molecular formula is C20H25NO3S2. The Hall–Kier alpha value is -1.79. The van der Waals surface area contributed by atoms with E-state index in [0.29, 0.717) is 11.3 Å². The highest BCUT2D eigenvalue weighted by atomic mass is 32.2. The number of carbonyl (C=O) groups excluding carboxylic acids is 1. The Bertz CT molecular complexity index is 849. The molecule has 0 bridgehead atoms. The van der Waals surface area contributed by atoms with E-state index in [2.05, 4.69) is 17.4 Å². The number of para-hydroxylation sites is 1. The second-order valence-corrected chi connectivity index (χ2v) is 9.10. The summed E-state index contributed by atoms with van der Waals surface area (Å²) in [5.74, 6) is 0.265. The van der Waals surface area contributed by atoms with Crippen molar-refractivity contribution in [3.8, 4) is 0 Å². The van der Waals surface area contributed by atoms with E-state index in [0.717, 1.165) is 11.1 Å². The average Bonchev–Trinajstić information content (AvgIpc) is 2.54. The van der Waals surface area contributed by atoms with Gasteiger partial charge in [-0.2, -0.15) is 0 Å². The molecule has 1 N–H and O–H groups in total. The largest absolute Gasteiger partial charge is 0.286 e. The van der Waals surface area contributed by atoms with Crippen molar-refractivity contribution in [2.75, 3.05) is 4.72 Å². The van der Waals surface area contributed by atoms with Crippen LogP contribution in [0.1, 0.15) is 61.5 Å². The monoisotopic (exact) mass is 391 g/mol. The molecule has 0 fully saturated rings. The van der Waals surface area contributed by atoms with Crippen LogP contribution >= 0.6 is 12.6 Å². The van der Waals surface area contributed by atoms with Crippen LogP contribution in [0.5, 0.6) is 0 Å². The summed E-state index contributed by atoms with van der Waals surface area (Å²) in [6, 6.07) is 14.2. The molecule has 1 unspecified atom stereocenters. The quantitative estimate of drug-likeness (QED) is 0.662. The second-order valence-electron chi connectivity index (χ2n) is 6.90. The van der Waals surface area contributed by atoms with E-state index < -0.39 is 20.4 Å². The SMILES string of the molecule is CC(C)c1cccc(C(C)C)c1NS(=O)(=O)C(C(=O)S)c1ccccc1. The maximum absolute atomic E-state index is 13.1. The van der Waals surface area contributed by atoms with E-state index in [1.165, 1.54) is 0 Å².